The molecule has 0 aliphatic rings. The number of hydrogen-bond acceptors (Lipinski definition) is 8. The van der Waals surface area contributed by atoms with E-state index in [1.54, 1.807) is 25.2 Å². The monoisotopic (exact) mass is 523 g/mol. The molecule has 0 aliphatic heterocycles. The standard InChI is InChI=1S/C16H23NO4.C8H12OS.C2H4O.C2H6/c1-10(2)15(19)14-12(18)9-13(21-16(14)20)11(3)7-5-6-8-17-4;1-6(2)9-8-5-4-7(3)10-8;1-2-3;1-2/h6,8-11,17-18H,5,7H2,1-4H3;4-6H,1-3H3;2H,1H3;1-2H3/b8-6+;;;. The van der Waals surface area contributed by atoms with Gasteiger partial charge in [-0.15, -0.1) is 11.3 Å². The van der Waals surface area contributed by atoms with Gasteiger partial charge in [0.05, 0.1) is 6.10 Å². The Kier molecular flexibility index (Phi) is 19.9. The summed E-state index contributed by atoms with van der Waals surface area (Å²) >= 11 is 1.69. The molecule has 8 heteroatoms. The van der Waals surface area contributed by atoms with Gasteiger partial charge in [0.25, 0.3) is 0 Å². The van der Waals surface area contributed by atoms with E-state index in [4.69, 9.17) is 13.9 Å². The first-order valence-corrected chi connectivity index (χ1v) is 13.2. The van der Waals surface area contributed by atoms with Crippen LogP contribution in [0.5, 0.6) is 10.8 Å². The lowest BCUT2D eigenvalue weighted by molar-refractivity contribution is -0.106. The van der Waals surface area contributed by atoms with Crippen molar-refractivity contribution in [3.05, 3.63) is 57.1 Å². The van der Waals surface area contributed by atoms with Crippen molar-refractivity contribution >= 4 is 23.4 Å². The summed E-state index contributed by atoms with van der Waals surface area (Å²) < 4.78 is 10.7. The van der Waals surface area contributed by atoms with Gasteiger partial charge in [0.1, 0.15) is 23.4 Å². The molecule has 1 atom stereocenters. The molecule has 1 unspecified atom stereocenters. The van der Waals surface area contributed by atoms with E-state index in [0.717, 1.165) is 24.2 Å². The number of carbonyl (C=O) groups excluding carboxylic acids is 2. The van der Waals surface area contributed by atoms with E-state index in [0.29, 0.717) is 5.76 Å². The van der Waals surface area contributed by atoms with Crippen molar-refractivity contribution in [3.63, 3.8) is 0 Å². The summed E-state index contributed by atoms with van der Waals surface area (Å²) in [6.45, 7) is 16.9. The predicted octanol–water partition coefficient (Wildman–Crippen LogP) is 6.88. The average molecular weight is 524 g/mol. The van der Waals surface area contributed by atoms with E-state index in [9.17, 15) is 14.7 Å². The van der Waals surface area contributed by atoms with E-state index < -0.39 is 11.4 Å². The molecule has 0 saturated carbocycles. The number of rotatable bonds is 9. The molecular formula is C28H45NO6S. The zero-order chi connectivity index (χ0) is 28.3. The Morgan fingerprint density at radius 2 is 1.78 bits per heavy atom. The van der Waals surface area contributed by atoms with Crippen molar-refractivity contribution in [2.24, 2.45) is 5.92 Å². The van der Waals surface area contributed by atoms with Crippen LogP contribution in [-0.4, -0.2) is 30.3 Å². The molecule has 0 saturated heterocycles. The molecule has 0 spiro atoms. The van der Waals surface area contributed by atoms with Gasteiger partial charge < -0.3 is 24.4 Å². The molecule has 0 aliphatic carbocycles. The number of thiophene rings is 1. The number of aryl methyl sites for hydroxylation is 1. The second-order valence-corrected chi connectivity index (χ2v) is 9.40. The number of ether oxygens (including phenoxy) is 1. The third-order valence-corrected chi connectivity index (χ3v) is 5.22. The number of allylic oxidation sites excluding steroid dienone is 1. The van der Waals surface area contributed by atoms with Crippen LogP contribution in [0.1, 0.15) is 95.1 Å². The first-order valence-electron chi connectivity index (χ1n) is 12.3. The van der Waals surface area contributed by atoms with Crippen LogP contribution in [0.2, 0.25) is 0 Å². The maximum absolute atomic E-state index is 11.9. The Bertz CT molecular complexity index is 959. The SMILES string of the molecule is CC.CC=O.CN/C=C/CCC(C)c1cc(O)c(C(=O)C(C)C)c(=O)o1.Cc1ccc(OC(C)C)s1. The number of Topliss-reactive ketones (excluding diaryl/α,β-unsaturated/α-hetero) is 1. The van der Waals surface area contributed by atoms with Crippen LogP contribution >= 0.6 is 11.3 Å². The minimum absolute atomic E-state index is 0.0201. The highest BCUT2D eigenvalue weighted by Gasteiger charge is 2.22. The van der Waals surface area contributed by atoms with E-state index in [2.05, 4.69) is 18.3 Å². The van der Waals surface area contributed by atoms with Crippen molar-refractivity contribution < 1.29 is 23.8 Å². The highest BCUT2D eigenvalue weighted by atomic mass is 32.1. The van der Waals surface area contributed by atoms with Gasteiger partial charge in [0, 0.05) is 29.8 Å². The predicted molar refractivity (Wildman–Crippen MR) is 150 cm³/mol. The third-order valence-electron chi connectivity index (χ3n) is 4.32. The van der Waals surface area contributed by atoms with Crippen molar-refractivity contribution in [2.45, 2.75) is 87.2 Å². The van der Waals surface area contributed by atoms with E-state index >= 15 is 0 Å². The fourth-order valence-corrected chi connectivity index (χ4v) is 3.48. The summed E-state index contributed by atoms with van der Waals surface area (Å²) in [7, 11) is 1.82. The van der Waals surface area contributed by atoms with E-state index in [-0.39, 0.29) is 29.3 Å². The van der Waals surface area contributed by atoms with Crippen molar-refractivity contribution in [2.75, 3.05) is 7.05 Å². The lowest BCUT2D eigenvalue weighted by atomic mass is 9.99. The van der Waals surface area contributed by atoms with Gasteiger partial charge in [-0.3, -0.25) is 4.79 Å². The molecule has 204 valence electrons. The average Bonchev–Trinajstić information content (AvgIpc) is 3.22. The van der Waals surface area contributed by atoms with Crippen LogP contribution in [0.3, 0.4) is 0 Å². The maximum Gasteiger partial charge on any atom is 0.350 e. The summed E-state index contributed by atoms with van der Waals surface area (Å²) in [6, 6.07) is 5.46. The Morgan fingerprint density at radius 1 is 1.19 bits per heavy atom. The van der Waals surface area contributed by atoms with Crippen LogP contribution in [0.15, 0.2) is 39.7 Å². The minimum atomic E-state index is -0.763. The largest absolute Gasteiger partial charge is 0.507 e. The summed E-state index contributed by atoms with van der Waals surface area (Å²) in [5.41, 5.74) is -1.02. The zero-order valence-electron chi connectivity index (χ0n) is 23.5. The Morgan fingerprint density at radius 3 is 2.19 bits per heavy atom. The van der Waals surface area contributed by atoms with Crippen molar-refractivity contribution in [1.29, 1.82) is 0 Å². The highest BCUT2D eigenvalue weighted by Crippen LogP contribution is 2.26. The fourth-order valence-electron chi connectivity index (χ4n) is 2.65. The summed E-state index contributed by atoms with van der Waals surface area (Å²) in [5, 5.41) is 13.9. The molecule has 0 radical (unpaired) electrons. The smallest absolute Gasteiger partial charge is 0.350 e. The lowest BCUT2D eigenvalue weighted by Crippen LogP contribution is -2.19. The van der Waals surface area contributed by atoms with Crippen LogP contribution in [0.25, 0.3) is 0 Å². The van der Waals surface area contributed by atoms with Crippen molar-refractivity contribution in [3.8, 4) is 10.8 Å². The van der Waals surface area contributed by atoms with E-state index in [1.807, 2.05) is 60.0 Å². The molecule has 0 bridgehead atoms. The van der Waals surface area contributed by atoms with Gasteiger partial charge in [-0.1, -0.05) is 40.7 Å². The summed E-state index contributed by atoms with van der Waals surface area (Å²) in [4.78, 5) is 33.9. The zero-order valence-corrected chi connectivity index (χ0v) is 24.3. The number of carbonyl (C=O) groups is 2. The van der Waals surface area contributed by atoms with Gasteiger partial charge in [-0.2, -0.15) is 0 Å². The molecule has 7 nitrogen and oxygen atoms in total. The molecule has 0 fully saturated rings. The molecule has 2 N–H and O–H groups in total. The topological polar surface area (TPSA) is 106 Å². The summed E-state index contributed by atoms with van der Waals surface area (Å²) in [6.07, 6.45) is 6.45. The highest BCUT2D eigenvalue weighted by molar-refractivity contribution is 7.13. The second-order valence-electron chi connectivity index (χ2n) is 8.15. The van der Waals surface area contributed by atoms with Crippen LogP contribution in [0.4, 0.5) is 0 Å². The number of hydrogen-bond donors (Lipinski definition) is 2. The number of aldehydes is 1. The minimum Gasteiger partial charge on any atom is -0.507 e. The molecule has 2 aromatic heterocycles. The van der Waals surface area contributed by atoms with Crippen LogP contribution < -0.4 is 15.7 Å². The van der Waals surface area contributed by atoms with E-state index in [1.165, 1.54) is 17.9 Å². The quantitative estimate of drug-likeness (QED) is 0.273. The third kappa shape index (κ3) is 14.5. The maximum atomic E-state index is 11.9. The Labute approximate surface area is 220 Å². The first kappa shape index (κ1) is 35.3. The molecule has 0 amide bonds. The second kappa shape index (κ2) is 20.3. The normalized spacial score (nSPS) is 10.9. The van der Waals surface area contributed by atoms with Gasteiger partial charge in [0.15, 0.2) is 10.8 Å². The number of ketones is 1. The molecule has 0 aromatic carbocycles. The summed E-state index contributed by atoms with van der Waals surface area (Å²) in [5.74, 6) is -0.687. The number of aromatic hydroxyl groups is 1. The van der Waals surface area contributed by atoms with Gasteiger partial charge >= 0.3 is 5.63 Å². The lowest BCUT2D eigenvalue weighted by Gasteiger charge is -2.11. The van der Waals surface area contributed by atoms with Gasteiger partial charge in [0.2, 0.25) is 0 Å². The Hall–Kier alpha value is -2.87. The van der Waals surface area contributed by atoms with Crippen LogP contribution in [0, 0.1) is 12.8 Å². The molecule has 2 heterocycles. The fraction of sp³-hybridized carbons (Fsp3) is 0.536. The first-order chi connectivity index (χ1) is 17.0. The molecule has 36 heavy (non-hydrogen) atoms. The molecule has 2 aromatic rings. The molecular weight excluding hydrogens is 478 g/mol. The Balaban J connectivity index is 0. The van der Waals surface area contributed by atoms with Gasteiger partial charge in [-0.25, -0.2) is 4.79 Å². The number of nitrogens with one attached hydrogen (secondary N) is 1. The molecule has 2 rings (SSSR count). The van der Waals surface area contributed by atoms with Crippen molar-refractivity contribution in [1.82, 2.24) is 5.32 Å². The van der Waals surface area contributed by atoms with Gasteiger partial charge in [-0.05, 0) is 58.9 Å². The van der Waals surface area contributed by atoms with Crippen LogP contribution in [-0.2, 0) is 4.79 Å².